The number of carbonyl (C=O) groups is 1. The van der Waals surface area contributed by atoms with Crippen LogP contribution in [0.1, 0.15) is 21.5 Å². The van der Waals surface area contributed by atoms with Crippen LogP contribution in [0, 0.1) is 22.9 Å². The Balaban J connectivity index is 2.37. The average Bonchev–Trinajstić information content (AvgIpc) is 2.38. The first-order valence-corrected chi connectivity index (χ1v) is 5.54. The van der Waals surface area contributed by atoms with Gasteiger partial charge in [0.25, 0.3) is 0 Å². The summed E-state index contributed by atoms with van der Waals surface area (Å²) in [4.78, 5) is 21.7. The van der Waals surface area contributed by atoms with E-state index in [0.717, 1.165) is 17.7 Å². The predicted octanol–water partition coefficient (Wildman–Crippen LogP) is 3.27. The van der Waals surface area contributed by atoms with Gasteiger partial charge in [-0.2, -0.15) is 4.39 Å². The smallest absolute Gasteiger partial charge is 0.289 e. The van der Waals surface area contributed by atoms with Crippen LogP contribution in [0.2, 0.25) is 0 Å². The lowest BCUT2D eigenvalue weighted by Crippen LogP contribution is -2.03. The highest BCUT2D eigenvalue weighted by Gasteiger charge is 2.17. The standard InChI is InChI=1S/C14H10FNO3/c1-9-2-4-10(5-3-9)14(17)11-6-7-13(16(18)19)12(15)8-11/h2-8H,1H3. The fourth-order valence-electron chi connectivity index (χ4n) is 1.67. The highest BCUT2D eigenvalue weighted by Crippen LogP contribution is 2.20. The van der Waals surface area contributed by atoms with Crippen molar-refractivity contribution in [3.63, 3.8) is 0 Å². The van der Waals surface area contributed by atoms with E-state index in [9.17, 15) is 19.3 Å². The molecule has 2 rings (SSSR count). The Morgan fingerprint density at radius 3 is 2.21 bits per heavy atom. The molecular formula is C14H10FNO3. The SMILES string of the molecule is Cc1ccc(C(=O)c2ccc([N+](=O)[O-])c(F)c2)cc1. The highest BCUT2D eigenvalue weighted by atomic mass is 19.1. The van der Waals surface area contributed by atoms with E-state index < -0.39 is 16.4 Å². The summed E-state index contributed by atoms with van der Waals surface area (Å²) < 4.78 is 13.4. The average molecular weight is 259 g/mol. The maximum atomic E-state index is 13.4. The van der Waals surface area contributed by atoms with Crippen molar-refractivity contribution in [3.05, 3.63) is 75.1 Å². The molecule has 0 bridgehead atoms. The predicted molar refractivity (Wildman–Crippen MR) is 67.7 cm³/mol. The Morgan fingerprint density at radius 1 is 1.11 bits per heavy atom. The van der Waals surface area contributed by atoms with Gasteiger partial charge in [-0.1, -0.05) is 29.8 Å². The summed E-state index contributed by atoms with van der Waals surface area (Å²) in [6, 6.07) is 9.96. The molecule has 0 N–H and O–H groups in total. The van der Waals surface area contributed by atoms with Crippen molar-refractivity contribution < 1.29 is 14.1 Å². The zero-order valence-corrected chi connectivity index (χ0v) is 10.1. The molecule has 4 nitrogen and oxygen atoms in total. The molecule has 0 unspecified atom stereocenters. The number of hydrogen-bond donors (Lipinski definition) is 0. The van der Waals surface area contributed by atoms with Gasteiger partial charge in [0.15, 0.2) is 5.78 Å². The molecule has 2 aromatic rings. The number of aryl methyl sites for hydroxylation is 1. The van der Waals surface area contributed by atoms with Gasteiger partial charge in [0.2, 0.25) is 5.82 Å². The molecule has 0 saturated carbocycles. The van der Waals surface area contributed by atoms with E-state index in [2.05, 4.69) is 0 Å². The number of carbonyl (C=O) groups excluding carboxylic acids is 1. The first-order chi connectivity index (χ1) is 8.99. The summed E-state index contributed by atoms with van der Waals surface area (Å²) in [5.41, 5.74) is 0.873. The van der Waals surface area contributed by atoms with Gasteiger partial charge in [-0.25, -0.2) is 0 Å². The van der Waals surface area contributed by atoms with E-state index in [0.29, 0.717) is 5.56 Å². The lowest BCUT2D eigenvalue weighted by molar-refractivity contribution is -0.387. The number of nitro groups is 1. The van der Waals surface area contributed by atoms with Gasteiger partial charge in [-0.15, -0.1) is 0 Å². The minimum absolute atomic E-state index is 0.0898. The van der Waals surface area contributed by atoms with Crippen LogP contribution >= 0.6 is 0 Å². The van der Waals surface area contributed by atoms with Gasteiger partial charge in [-0.05, 0) is 19.1 Å². The van der Waals surface area contributed by atoms with Crippen molar-refractivity contribution in [2.45, 2.75) is 6.92 Å². The molecule has 0 amide bonds. The molecule has 5 heteroatoms. The molecule has 0 atom stereocenters. The minimum atomic E-state index is -1.01. The van der Waals surface area contributed by atoms with Gasteiger partial charge in [0, 0.05) is 17.2 Å². The Hall–Kier alpha value is -2.56. The number of benzene rings is 2. The maximum Gasteiger partial charge on any atom is 0.304 e. The lowest BCUT2D eigenvalue weighted by atomic mass is 10.0. The first kappa shape index (κ1) is 12.9. The second kappa shape index (κ2) is 4.97. The van der Waals surface area contributed by atoms with Crippen molar-refractivity contribution in [1.29, 1.82) is 0 Å². The number of ketones is 1. The summed E-state index contributed by atoms with van der Waals surface area (Å²) in [5, 5.41) is 10.5. The fourth-order valence-corrected chi connectivity index (χ4v) is 1.67. The Bertz CT molecular complexity index is 650. The molecular weight excluding hydrogens is 249 g/mol. The van der Waals surface area contributed by atoms with Crippen molar-refractivity contribution in [2.24, 2.45) is 0 Å². The quantitative estimate of drug-likeness (QED) is 0.483. The molecule has 0 saturated heterocycles. The molecule has 0 aliphatic rings. The van der Waals surface area contributed by atoms with Gasteiger partial charge >= 0.3 is 5.69 Å². The third-order valence-corrected chi connectivity index (χ3v) is 2.72. The van der Waals surface area contributed by atoms with Gasteiger partial charge in [0.1, 0.15) is 0 Å². The highest BCUT2D eigenvalue weighted by molar-refractivity contribution is 6.09. The second-order valence-electron chi connectivity index (χ2n) is 4.12. The number of nitrogens with zero attached hydrogens (tertiary/aromatic N) is 1. The Morgan fingerprint density at radius 2 is 1.68 bits per heavy atom. The van der Waals surface area contributed by atoms with Crippen LogP contribution < -0.4 is 0 Å². The number of halogens is 1. The topological polar surface area (TPSA) is 60.2 Å². The van der Waals surface area contributed by atoms with Crippen LogP contribution in [0.15, 0.2) is 42.5 Å². The van der Waals surface area contributed by atoms with Crippen LogP contribution in [0.3, 0.4) is 0 Å². The van der Waals surface area contributed by atoms with E-state index in [-0.39, 0.29) is 11.3 Å². The lowest BCUT2D eigenvalue weighted by Gasteiger charge is -2.02. The summed E-state index contributed by atoms with van der Waals surface area (Å²) >= 11 is 0. The van der Waals surface area contributed by atoms with Gasteiger partial charge < -0.3 is 0 Å². The first-order valence-electron chi connectivity index (χ1n) is 5.54. The van der Waals surface area contributed by atoms with Crippen molar-refractivity contribution in [3.8, 4) is 0 Å². The van der Waals surface area contributed by atoms with Crippen molar-refractivity contribution in [2.75, 3.05) is 0 Å². The molecule has 0 radical (unpaired) electrons. The molecule has 0 aliphatic carbocycles. The fraction of sp³-hybridized carbons (Fsp3) is 0.0714. The minimum Gasteiger partial charge on any atom is -0.289 e. The van der Waals surface area contributed by atoms with Gasteiger partial charge in [0.05, 0.1) is 4.92 Å². The summed E-state index contributed by atoms with van der Waals surface area (Å²) in [5.74, 6) is -1.38. The third kappa shape index (κ3) is 2.65. The zero-order valence-electron chi connectivity index (χ0n) is 10.1. The van der Waals surface area contributed by atoms with E-state index in [1.165, 1.54) is 6.07 Å². The zero-order chi connectivity index (χ0) is 14.0. The number of nitro benzene ring substituents is 1. The van der Waals surface area contributed by atoms with Crippen LogP contribution in [0.5, 0.6) is 0 Å². The van der Waals surface area contributed by atoms with E-state index in [1.54, 1.807) is 24.3 Å². The van der Waals surface area contributed by atoms with E-state index >= 15 is 0 Å². The molecule has 0 fully saturated rings. The maximum absolute atomic E-state index is 13.4. The Labute approximate surface area is 108 Å². The second-order valence-corrected chi connectivity index (χ2v) is 4.12. The molecule has 0 spiro atoms. The molecule has 96 valence electrons. The van der Waals surface area contributed by atoms with Crippen molar-refractivity contribution >= 4 is 11.5 Å². The summed E-state index contributed by atoms with van der Waals surface area (Å²) in [7, 11) is 0. The number of rotatable bonds is 3. The molecule has 2 aromatic carbocycles. The third-order valence-electron chi connectivity index (χ3n) is 2.72. The molecule has 0 heterocycles. The largest absolute Gasteiger partial charge is 0.304 e. The van der Waals surface area contributed by atoms with Crippen LogP contribution in [0.4, 0.5) is 10.1 Å². The van der Waals surface area contributed by atoms with Crippen LogP contribution in [-0.4, -0.2) is 10.7 Å². The summed E-state index contributed by atoms with van der Waals surface area (Å²) in [6.07, 6.45) is 0. The molecule has 19 heavy (non-hydrogen) atoms. The van der Waals surface area contributed by atoms with Crippen molar-refractivity contribution in [1.82, 2.24) is 0 Å². The summed E-state index contributed by atoms with van der Waals surface area (Å²) in [6.45, 7) is 1.89. The van der Waals surface area contributed by atoms with Crippen LogP contribution in [-0.2, 0) is 0 Å². The van der Waals surface area contributed by atoms with E-state index in [1.807, 2.05) is 6.92 Å². The molecule has 0 aliphatic heterocycles. The monoisotopic (exact) mass is 259 g/mol. The van der Waals surface area contributed by atoms with E-state index in [4.69, 9.17) is 0 Å². The molecule has 0 aromatic heterocycles. The normalized spacial score (nSPS) is 10.2. The number of hydrogen-bond acceptors (Lipinski definition) is 3. The Kier molecular flexibility index (Phi) is 3.37. The van der Waals surface area contributed by atoms with Gasteiger partial charge in [-0.3, -0.25) is 14.9 Å². The van der Waals surface area contributed by atoms with Crippen LogP contribution in [0.25, 0.3) is 0 Å².